The fourth-order valence-corrected chi connectivity index (χ4v) is 4.12. The molecule has 0 amide bonds. The van der Waals surface area contributed by atoms with Gasteiger partial charge in [0.15, 0.2) is 0 Å². The van der Waals surface area contributed by atoms with E-state index in [1.54, 1.807) is 29.8 Å². The first-order chi connectivity index (χ1) is 14.1. The standard InChI is InChI=1S/C22H25N3O4/c1-28-15-11-12-18-19(20(24-25(18)13-15)14-7-4-3-5-8-14)21(26)16-9-6-10-17(23-16)22(27)29-2/h6,9-14,21,26H,3-5,7-8H2,1-2H3. The zero-order chi connectivity index (χ0) is 20.4. The Morgan fingerprint density at radius 2 is 1.97 bits per heavy atom. The number of pyridine rings is 2. The molecule has 3 heterocycles. The van der Waals surface area contributed by atoms with Crippen LogP contribution in [0.25, 0.3) is 5.52 Å². The molecule has 3 aromatic rings. The van der Waals surface area contributed by atoms with E-state index in [0.717, 1.165) is 42.5 Å². The number of fused-ring (bicyclic) bond motifs is 1. The quantitative estimate of drug-likeness (QED) is 0.664. The van der Waals surface area contributed by atoms with Crippen LogP contribution in [0.5, 0.6) is 5.75 Å². The van der Waals surface area contributed by atoms with Crippen LogP contribution in [0.2, 0.25) is 0 Å². The van der Waals surface area contributed by atoms with Crippen LogP contribution < -0.4 is 4.74 Å². The second-order valence-electron chi connectivity index (χ2n) is 7.37. The molecule has 1 atom stereocenters. The first kappa shape index (κ1) is 19.4. The fourth-order valence-electron chi connectivity index (χ4n) is 4.12. The van der Waals surface area contributed by atoms with Crippen molar-refractivity contribution in [1.29, 1.82) is 0 Å². The Kier molecular flexibility index (Phi) is 5.49. The van der Waals surface area contributed by atoms with E-state index in [4.69, 9.17) is 14.6 Å². The molecule has 1 saturated carbocycles. The summed E-state index contributed by atoms with van der Waals surface area (Å²) in [6, 6.07) is 8.75. The zero-order valence-corrected chi connectivity index (χ0v) is 16.7. The van der Waals surface area contributed by atoms with Crippen molar-refractivity contribution in [1.82, 2.24) is 14.6 Å². The summed E-state index contributed by atoms with van der Waals surface area (Å²) >= 11 is 0. The maximum absolute atomic E-state index is 11.9. The number of carbonyl (C=O) groups excluding carboxylic acids is 1. The van der Waals surface area contributed by atoms with Gasteiger partial charge in [-0.2, -0.15) is 5.10 Å². The molecule has 0 aromatic carbocycles. The Bertz CT molecular complexity index is 1020. The third-order valence-corrected chi connectivity index (χ3v) is 5.62. The van der Waals surface area contributed by atoms with E-state index >= 15 is 0 Å². The van der Waals surface area contributed by atoms with E-state index in [0.29, 0.717) is 17.4 Å². The highest BCUT2D eigenvalue weighted by Gasteiger charge is 2.29. The van der Waals surface area contributed by atoms with Crippen molar-refractivity contribution < 1.29 is 19.4 Å². The highest BCUT2D eigenvalue weighted by molar-refractivity contribution is 5.87. The van der Waals surface area contributed by atoms with Crippen molar-refractivity contribution in [2.24, 2.45) is 0 Å². The van der Waals surface area contributed by atoms with Crippen molar-refractivity contribution in [2.75, 3.05) is 14.2 Å². The van der Waals surface area contributed by atoms with E-state index in [2.05, 4.69) is 4.98 Å². The van der Waals surface area contributed by atoms with E-state index in [9.17, 15) is 9.90 Å². The number of aromatic nitrogens is 3. The molecule has 0 aliphatic heterocycles. The number of nitrogens with zero attached hydrogens (tertiary/aromatic N) is 3. The summed E-state index contributed by atoms with van der Waals surface area (Å²) in [6.07, 6.45) is 6.48. The van der Waals surface area contributed by atoms with E-state index in [-0.39, 0.29) is 5.69 Å². The molecule has 0 bridgehead atoms. The van der Waals surface area contributed by atoms with Crippen LogP contribution in [0.4, 0.5) is 0 Å². The van der Waals surface area contributed by atoms with Crippen LogP contribution in [0, 0.1) is 0 Å². The average Bonchev–Trinajstić information content (AvgIpc) is 3.17. The van der Waals surface area contributed by atoms with E-state index in [1.165, 1.54) is 13.5 Å². The summed E-state index contributed by atoms with van der Waals surface area (Å²) in [6.45, 7) is 0. The summed E-state index contributed by atoms with van der Waals surface area (Å²) in [7, 11) is 2.93. The van der Waals surface area contributed by atoms with E-state index in [1.807, 2.05) is 18.3 Å². The lowest BCUT2D eigenvalue weighted by molar-refractivity contribution is 0.0593. The van der Waals surface area contributed by atoms with E-state index < -0.39 is 12.1 Å². The number of carbonyl (C=O) groups is 1. The van der Waals surface area contributed by atoms with Gasteiger partial charge in [-0.25, -0.2) is 14.3 Å². The summed E-state index contributed by atoms with van der Waals surface area (Å²) < 4.78 is 11.9. The molecule has 7 heteroatoms. The van der Waals surface area contributed by atoms with Gasteiger partial charge in [-0.3, -0.25) is 0 Å². The van der Waals surface area contributed by atoms with Crippen LogP contribution >= 0.6 is 0 Å². The second kappa shape index (κ2) is 8.21. The number of rotatable bonds is 5. The second-order valence-corrected chi connectivity index (χ2v) is 7.37. The van der Waals surface area contributed by atoms with Gasteiger partial charge in [-0.1, -0.05) is 25.3 Å². The maximum atomic E-state index is 11.9. The Labute approximate surface area is 169 Å². The molecular formula is C22H25N3O4. The van der Waals surface area contributed by atoms with Gasteiger partial charge in [-0.05, 0) is 37.1 Å². The molecule has 1 aliphatic rings. The van der Waals surface area contributed by atoms with Crippen molar-refractivity contribution in [2.45, 2.75) is 44.1 Å². The number of methoxy groups -OCH3 is 2. The third-order valence-electron chi connectivity index (χ3n) is 5.62. The predicted octanol–water partition coefficient (Wildman–Crippen LogP) is 3.65. The Morgan fingerprint density at radius 3 is 2.69 bits per heavy atom. The minimum absolute atomic E-state index is 0.168. The molecule has 152 valence electrons. The minimum Gasteiger partial charge on any atom is -0.495 e. The maximum Gasteiger partial charge on any atom is 0.356 e. The molecule has 0 radical (unpaired) electrons. The summed E-state index contributed by atoms with van der Waals surface area (Å²) in [5, 5.41) is 16.1. The number of hydrogen-bond acceptors (Lipinski definition) is 6. The molecule has 1 N–H and O–H groups in total. The number of aliphatic hydroxyl groups excluding tert-OH is 1. The Balaban J connectivity index is 1.83. The molecule has 3 aromatic heterocycles. The molecular weight excluding hydrogens is 370 g/mol. The topological polar surface area (TPSA) is 86.0 Å². The molecule has 7 nitrogen and oxygen atoms in total. The summed E-state index contributed by atoms with van der Waals surface area (Å²) in [4.78, 5) is 16.2. The van der Waals surface area contributed by atoms with Gasteiger partial charge < -0.3 is 14.6 Å². The van der Waals surface area contributed by atoms with Gasteiger partial charge >= 0.3 is 5.97 Å². The molecule has 1 unspecified atom stereocenters. The monoisotopic (exact) mass is 395 g/mol. The lowest BCUT2D eigenvalue weighted by Crippen LogP contribution is -2.12. The minimum atomic E-state index is -0.998. The highest BCUT2D eigenvalue weighted by atomic mass is 16.5. The van der Waals surface area contributed by atoms with Gasteiger partial charge in [0.05, 0.1) is 37.3 Å². The first-order valence-electron chi connectivity index (χ1n) is 9.92. The lowest BCUT2D eigenvalue weighted by Gasteiger charge is -2.22. The van der Waals surface area contributed by atoms with Crippen LogP contribution in [-0.4, -0.2) is 39.9 Å². The third kappa shape index (κ3) is 3.70. The van der Waals surface area contributed by atoms with Crippen molar-refractivity contribution in [3.8, 4) is 5.75 Å². The van der Waals surface area contributed by atoms with Gasteiger partial charge in [-0.15, -0.1) is 0 Å². The first-order valence-corrected chi connectivity index (χ1v) is 9.92. The van der Waals surface area contributed by atoms with Crippen molar-refractivity contribution >= 4 is 11.5 Å². The largest absolute Gasteiger partial charge is 0.495 e. The summed E-state index contributed by atoms with van der Waals surface area (Å²) in [5.41, 5.74) is 3.02. The molecule has 0 saturated heterocycles. The van der Waals surface area contributed by atoms with Gasteiger partial charge in [0.2, 0.25) is 0 Å². The van der Waals surface area contributed by atoms with Crippen LogP contribution in [0.1, 0.15) is 71.6 Å². The fraction of sp³-hybridized carbons (Fsp3) is 0.409. The van der Waals surface area contributed by atoms with Gasteiger partial charge in [0.25, 0.3) is 0 Å². The summed E-state index contributed by atoms with van der Waals surface area (Å²) in [5.74, 6) is 0.460. The van der Waals surface area contributed by atoms with Crippen LogP contribution in [0.15, 0.2) is 36.5 Å². The molecule has 4 rings (SSSR count). The van der Waals surface area contributed by atoms with Crippen molar-refractivity contribution in [3.05, 3.63) is 59.2 Å². The zero-order valence-electron chi connectivity index (χ0n) is 16.7. The number of hydrogen-bond donors (Lipinski definition) is 1. The SMILES string of the molecule is COC(=O)c1cccc(C(O)c2c(C3CCCCC3)nn3cc(OC)ccc23)n1. The molecule has 1 fully saturated rings. The number of ether oxygens (including phenoxy) is 2. The number of aliphatic hydroxyl groups is 1. The number of esters is 1. The van der Waals surface area contributed by atoms with Crippen molar-refractivity contribution in [3.63, 3.8) is 0 Å². The molecule has 1 aliphatic carbocycles. The predicted molar refractivity (Wildman–Crippen MR) is 107 cm³/mol. The Morgan fingerprint density at radius 1 is 1.17 bits per heavy atom. The van der Waals surface area contributed by atoms with Crippen LogP contribution in [-0.2, 0) is 4.74 Å². The highest BCUT2D eigenvalue weighted by Crippen LogP contribution is 2.39. The molecule has 0 spiro atoms. The van der Waals surface area contributed by atoms with Gasteiger partial charge in [0.1, 0.15) is 17.5 Å². The average molecular weight is 395 g/mol. The van der Waals surface area contributed by atoms with Gasteiger partial charge in [0, 0.05) is 11.5 Å². The normalized spacial score (nSPS) is 16.0. The lowest BCUT2D eigenvalue weighted by atomic mass is 9.84. The molecule has 29 heavy (non-hydrogen) atoms. The Hall–Kier alpha value is -2.93. The smallest absolute Gasteiger partial charge is 0.356 e. The van der Waals surface area contributed by atoms with Crippen LogP contribution in [0.3, 0.4) is 0 Å².